The molecule has 0 aromatic carbocycles. The summed E-state index contributed by atoms with van der Waals surface area (Å²) in [5, 5.41) is 10.7. The third kappa shape index (κ3) is 4.24. The van der Waals surface area contributed by atoms with Gasteiger partial charge in [-0.25, -0.2) is 0 Å². The number of aryl methyl sites for hydroxylation is 1. The molecule has 1 atom stereocenters. The topological polar surface area (TPSA) is 71.8 Å². The smallest absolute Gasteiger partial charge is 0.256 e. The van der Waals surface area contributed by atoms with Gasteiger partial charge in [0.1, 0.15) is 0 Å². The van der Waals surface area contributed by atoms with Crippen molar-refractivity contribution in [1.82, 2.24) is 9.47 Å². The summed E-state index contributed by atoms with van der Waals surface area (Å²) in [6.45, 7) is 11.7. The fourth-order valence-corrected chi connectivity index (χ4v) is 3.41. The van der Waals surface area contributed by atoms with Crippen LogP contribution >= 0.6 is 0 Å². The average molecular weight is 336 g/mol. The van der Waals surface area contributed by atoms with E-state index in [1.807, 2.05) is 34.6 Å². The molecule has 0 bridgehead atoms. The fraction of sp³-hybridized carbons (Fsp3) is 0.667. The van der Waals surface area contributed by atoms with Gasteiger partial charge in [-0.15, -0.1) is 0 Å². The van der Waals surface area contributed by atoms with Gasteiger partial charge in [0, 0.05) is 25.4 Å². The molecule has 0 spiro atoms. The largest absolute Gasteiger partial charge is 0.378 e. The van der Waals surface area contributed by atoms with Crippen LogP contribution in [0.5, 0.6) is 0 Å². The van der Waals surface area contributed by atoms with E-state index >= 15 is 0 Å². The van der Waals surface area contributed by atoms with E-state index in [2.05, 4.69) is 0 Å². The van der Waals surface area contributed by atoms with E-state index in [1.54, 1.807) is 17.2 Å². The highest BCUT2D eigenvalue weighted by Gasteiger charge is 2.44. The zero-order valence-electron chi connectivity index (χ0n) is 15.4. The minimum Gasteiger partial charge on any atom is -0.378 e. The summed E-state index contributed by atoms with van der Waals surface area (Å²) in [6, 6.07) is 3.27. The number of rotatable bonds is 3. The minimum absolute atomic E-state index is 0.0802. The first-order valence-electron chi connectivity index (χ1n) is 8.20. The lowest BCUT2D eigenvalue weighted by atomic mass is 9.96. The highest BCUT2D eigenvalue weighted by Crippen LogP contribution is 2.29. The second kappa shape index (κ2) is 6.01. The lowest BCUT2D eigenvalue weighted by molar-refractivity contribution is -0.197. The van der Waals surface area contributed by atoms with Crippen LogP contribution in [0.1, 0.15) is 40.2 Å². The van der Waals surface area contributed by atoms with Crippen LogP contribution in [0.4, 0.5) is 0 Å². The summed E-state index contributed by atoms with van der Waals surface area (Å²) in [5.41, 5.74) is -2.03. The molecule has 1 aromatic heterocycles. The van der Waals surface area contributed by atoms with Crippen LogP contribution in [-0.4, -0.2) is 50.4 Å². The van der Waals surface area contributed by atoms with Gasteiger partial charge >= 0.3 is 0 Å². The van der Waals surface area contributed by atoms with Crippen molar-refractivity contribution in [3.63, 3.8) is 0 Å². The molecule has 6 nitrogen and oxygen atoms in total. The first kappa shape index (κ1) is 18.7. The quantitative estimate of drug-likeness (QED) is 0.904. The van der Waals surface area contributed by atoms with E-state index in [9.17, 15) is 14.7 Å². The van der Waals surface area contributed by atoms with E-state index in [-0.39, 0.29) is 18.0 Å². The number of pyridine rings is 1. The van der Waals surface area contributed by atoms with Gasteiger partial charge in [-0.3, -0.25) is 9.59 Å². The SMILES string of the molecule is Cc1ccn(CC(C)(O)C(=O)N2CC(C)(C)OC(C)(C)C2)c(=O)c1. The van der Waals surface area contributed by atoms with Crippen LogP contribution < -0.4 is 5.56 Å². The molecule has 0 radical (unpaired) electrons. The van der Waals surface area contributed by atoms with Crippen molar-refractivity contribution < 1.29 is 14.6 Å². The van der Waals surface area contributed by atoms with Crippen molar-refractivity contribution in [2.75, 3.05) is 13.1 Å². The van der Waals surface area contributed by atoms with E-state index in [0.29, 0.717) is 13.1 Å². The second-order valence-corrected chi connectivity index (χ2v) is 8.23. The molecule has 0 saturated carbocycles. The highest BCUT2D eigenvalue weighted by molar-refractivity contribution is 5.84. The third-order valence-electron chi connectivity index (χ3n) is 4.07. The van der Waals surface area contributed by atoms with Crippen LogP contribution in [0.3, 0.4) is 0 Å². The number of amides is 1. The highest BCUT2D eigenvalue weighted by atomic mass is 16.5. The van der Waals surface area contributed by atoms with E-state index in [0.717, 1.165) is 5.56 Å². The number of carbonyl (C=O) groups is 1. The summed E-state index contributed by atoms with van der Waals surface area (Å²) in [4.78, 5) is 26.5. The summed E-state index contributed by atoms with van der Waals surface area (Å²) >= 11 is 0. The van der Waals surface area contributed by atoms with E-state index < -0.39 is 16.8 Å². The third-order valence-corrected chi connectivity index (χ3v) is 4.07. The van der Waals surface area contributed by atoms with Gasteiger partial charge in [0.25, 0.3) is 11.5 Å². The molecule has 1 N–H and O–H groups in total. The van der Waals surface area contributed by atoms with E-state index in [1.165, 1.54) is 17.6 Å². The molecule has 2 heterocycles. The summed E-state index contributed by atoms with van der Waals surface area (Å²) < 4.78 is 7.34. The van der Waals surface area contributed by atoms with Gasteiger partial charge in [0.05, 0.1) is 17.7 Å². The van der Waals surface area contributed by atoms with Crippen LogP contribution in [0, 0.1) is 6.92 Å². The average Bonchev–Trinajstić information content (AvgIpc) is 2.37. The molecule has 1 aliphatic heterocycles. The molecule has 2 rings (SSSR count). The molecule has 1 saturated heterocycles. The maximum atomic E-state index is 12.9. The number of ether oxygens (including phenoxy) is 1. The number of aliphatic hydroxyl groups is 1. The molecule has 1 aliphatic rings. The standard InChI is InChI=1S/C18H28N2O4/c1-13-7-8-19(14(21)9-13)12-18(6,23)15(22)20-10-16(2,3)24-17(4,5)11-20/h7-9,23H,10-12H2,1-6H3. The molecule has 6 heteroatoms. The van der Waals surface area contributed by atoms with Crippen molar-refractivity contribution in [1.29, 1.82) is 0 Å². The van der Waals surface area contributed by atoms with Crippen molar-refractivity contribution in [2.45, 2.75) is 64.9 Å². The monoisotopic (exact) mass is 336 g/mol. The lowest BCUT2D eigenvalue weighted by Gasteiger charge is -2.48. The Morgan fingerprint density at radius 3 is 2.33 bits per heavy atom. The van der Waals surface area contributed by atoms with Crippen LogP contribution in [0.15, 0.2) is 23.1 Å². The maximum absolute atomic E-state index is 12.9. The van der Waals surface area contributed by atoms with Crippen molar-refractivity contribution in [3.05, 3.63) is 34.2 Å². The van der Waals surface area contributed by atoms with Crippen LogP contribution in [0.2, 0.25) is 0 Å². The minimum atomic E-state index is -1.66. The predicted molar refractivity (Wildman–Crippen MR) is 91.9 cm³/mol. The van der Waals surface area contributed by atoms with Gasteiger partial charge in [-0.05, 0) is 53.2 Å². The molecule has 134 valence electrons. The Hall–Kier alpha value is -1.66. The predicted octanol–water partition coefficient (Wildman–Crippen LogP) is 1.32. The van der Waals surface area contributed by atoms with Gasteiger partial charge < -0.3 is 19.3 Å². The normalized spacial score (nSPS) is 22.0. The second-order valence-electron chi connectivity index (χ2n) is 8.23. The number of morpholine rings is 1. The number of aromatic nitrogens is 1. The zero-order chi connectivity index (χ0) is 18.3. The molecule has 0 aliphatic carbocycles. The molecular weight excluding hydrogens is 308 g/mol. The summed E-state index contributed by atoms with van der Waals surface area (Å²) in [7, 11) is 0. The lowest BCUT2D eigenvalue weighted by Crippen LogP contribution is -2.62. The maximum Gasteiger partial charge on any atom is 0.256 e. The van der Waals surface area contributed by atoms with E-state index in [4.69, 9.17) is 4.74 Å². The Morgan fingerprint density at radius 2 is 1.83 bits per heavy atom. The Balaban J connectivity index is 2.22. The zero-order valence-corrected chi connectivity index (χ0v) is 15.4. The Kier molecular flexibility index (Phi) is 4.67. The number of hydrogen-bond acceptors (Lipinski definition) is 4. The first-order chi connectivity index (χ1) is 10.8. The molecule has 1 unspecified atom stereocenters. The Morgan fingerprint density at radius 1 is 1.29 bits per heavy atom. The van der Waals surface area contributed by atoms with Gasteiger partial charge in [-0.2, -0.15) is 0 Å². The van der Waals surface area contributed by atoms with Crippen molar-refractivity contribution in [3.8, 4) is 0 Å². The summed E-state index contributed by atoms with van der Waals surface area (Å²) in [6.07, 6.45) is 1.60. The molecule has 1 fully saturated rings. The first-order valence-corrected chi connectivity index (χ1v) is 8.20. The number of carbonyl (C=O) groups excluding carboxylic acids is 1. The van der Waals surface area contributed by atoms with Crippen LogP contribution in [0.25, 0.3) is 0 Å². The molecular formula is C18H28N2O4. The number of nitrogens with zero attached hydrogens (tertiary/aromatic N) is 2. The van der Waals surface area contributed by atoms with Gasteiger partial charge in [0.2, 0.25) is 0 Å². The van der Waals surface area contributed by atoms with Crippen molar-refractivity contribution in [2.24, 2.45) is 0 Å². The molecule has 1 aromatic rings. The fourth-order valence-electron chi connectivity index (χ4n) is 3.41. The Bertz CT molecular complexity index is 673. The molecule has 1 amide bonds. The molecule has 24 heavy (non-hydrogen) atoms. The summed E-state index contributed by atoms with van der Waals surface area (Å²) in [5.74, 6) is -0.389. The van der Waals surface area contributed by atoms with Gasteiger partial charge in [-0.1, -0.05) is 0 Å². The number of hydrogen-bond donors (Lipinski definition) is 1. The van der Waals surface area contributed by atoms with Gasteiger partial charge in [0.15, 0.2) is 5.60 Å². The van der Waals surface area contributed by atoms with Crippen molar-refractivity contribution >= 4 is 5.91 Å². The Labute approximate surface area is 143 Å². The van der Waals surface area contributed by atoms with Crippen LogP contribution in [-0.2, 0) is 16.1 Å².